The number of amides is 1. The largest absolute Gasteiger partial charge is 0.489 e. The average molecular weight is 416 g/mol. The third-order valence-corrected chi connectivity index (χ3v) is 5.77. The van der Waals surface area contributed by atoms with E-state index in [0.717, 1.165) is 37.2 Å². The van der Waals surface area contributed by atoms with Gasteiger partial charge in [-0.3, -0.25) is 14.7 Å². The first-order valence-corrected chi connectivity index (χ1v) is 10.5. The van der Waals surface area contributed by atoms with Gasteiger partial charge in [0.1, 0.15) is 17.9 Å². The van der Waals surface area contributed by atoms with Gasteiger partial charge < -0.3 is 14.4 Å². The van der Waals surface area contributed by atoms with Crippen molar-refractivity contribution in [2.24, 2.45) is 0 Å². The summed E-state index contributed by atoms with van der Waals surface area (Å²) in [6.45, 7) is 4.19. The van der Waals surface area contributed by atoms with Crippen LogP contribution in [0.15, 0.2) is 48.8 Å². The second kappa shape index (κ2) is 9.57. The minimum atomic E-state index is -0.299. The summed E-state index contributed by atoms with van der Waals surface area (Å²) in [6.07, 6.45) is 5.21. The fourth-order valence-electron chi connectivity index (χ4n) is 3.97. The van der Waals surface area contributed by atoms with Crippen molar-refractivity contribution in [3.8, 4) is 5.75 Å². The van der Waals surface area contributed by atoms with Crippen LogP contribution in [-0.2, 0) is 9.53 Å². The van der Waals surface area contributed by atoms with Gasteiger partial charge in [-0.2, -0.15) is 0 Å². The summed E-state index contributed by atoms with van der Waals surface area (Å²) in [6, 6.07) is 11.1. The molecule has 7 heteroatoms. The molecule has 2 fully saturated rings. The maximum absolute atomic E-state index is 13.5. The number of pyridine rings is 1. The molecule has 1 aromatic carbocycles. The number of likely N-dealkylation sites (tertiary alicyclic amines) is 1. The molecule has 154 valence electrons. The Kier molecular flexibility index (Phi) is 6.64. The van der Waals surface area contributed by atoms with E-state index in [2.05, 4.69) is 9.88 Å². The average Bonchev–Trinajstić information content (AvgIpc) is 2.77. The van der Waals surface area contributed by atoms with E-state index in [1.54, 1.807) is 12.4 Å². The van der Waals surface area contributed by atoms with Crippen LogP contribution < -0.4 is 4.74 Å². The van der Waals surface area contributed by atoms with Crippen molar-refractivity contribution in [3.05, 3.63) is 59.4 Å². The molecule has 6 nitrogen and oxygen atoms in total. The topological polar surface area (TPSA) is 54.9 Å². The summed E-state index contributed by atoms with van der Waals surface area (Å²) in [5, 5.41) is 0.676. The number of piperidine rings is 1. The van der Waals surface area contributed by atoms with E-state index in [9.17, 15) is 4.79 Å². The fraction of sp³-hybridized carbons (Fsp3) is 0.455. The van der Waals surface area contributed by atoms with Crippen molar-refractivity contribution in [1.82, 2.24) is 14.8 Å². The normalized spacial score (nSPS) is 19.7. The minimum Gasteiger partial charge on any atom is -0.489 e. The predicted octanol–water partition coefficient (Wildman–Crippen LogP) is 3.18. The van der Waals surface area contributed by atoms with E-state index >= 15 is 0 Å². The molecule has 1 amide bonds. The van der Waals surface area contributed by atoms with Crippen LogP contribution in [0.2, 0.25) is 5.02 Å². The molecule has 2 aliphatic rings. The van der Waals surface area contributed by atoms with Crippen LogP contribution in [-0.4, -0.2) is 66.2 Å². The van der Waals surface area contributed by atoms with Crippen molar-refractivity contribution >= 4 is 17.5 Å². The molecule has 0 N–H and O–H groups in total. The van der Waals surface area contributed by atoms with Crippen molar-refractivity contribution < 1.29 is 14.3 Å². The Labute approximate surface area is 176 Å². The highest BCUT2D eigenvalue weighted by Crippen LogP contribution is 2.28. The lowest BCUT2D eigenvalue weighted by atomic mass is 10.0. The number of rotatable bonds is 5. The summed E-state index contributed by atoms with van der Waals surface area (Å²) in [4.78, 5) is 21.8. The van der Waals surface area contributed by atoms with Crippen LogP contribution in [0, 0.1) is 0 Å². The number of benzene rings is 1. The molecule has 0 aliphatic carbocycles. The van der Waals surface area contributed by atoms with E-state index in [1.165, 1.54) is 0 Å². The highest BCUT2D eigenvalue weighted by molar-refractivity contribution is 6.30. The maximum Gasteiger partial charge on any atom is 0.244 e. The zero-order valence-electron chi connectivity index (χ0n) is 16.4. The zero-order valence-corrected chi connectivity index (χ0v) is 17.1. The molecule has 0 radical (unpaired) electrons. The Morgan fingerprint density at radius 2 is 1.83 bits per heavy atom. The molecule has 1 atom stereocenters. The SMILES string of the molecule is O=C([C@@H](c1ccc(Cl)cc1)N1CCOCC1)N1CCC(Oc2cccnc2)CC1. The molecular weight excluding hydrogens is 390 g/mol. The van der Waals surface area contributed by atoms with E-state index in [-0.39, 0.29) is 18.1 Å². The van der Waals surface area contributed by atoms with Gasteiger partial charge in [0.05, 0.1) is 19.4 Å². The summed E-state index contributed by atoms with van der Waals surface area (Å²) in [7, 11) is 0. The molecule has 0 spiro atoms. The number of nitrogens with zero attached hydrogens (tertiary/aromatic N) is 3. The monoisotopic (exact) mass is 415 g/mol. The van der Waals surface area contributed by atoms with E-state index < -0.39 is 0 Å². The van der Waals surface area contributed by atoms with Crippen molar-refractivity contribution in [2.45, 2.75) is 25.0 Å². The molecule has 0 bridgehead atoms. The van der Waals surface area contributed by atoms with Crippen LogP contribution >= 0.6 is 11.6 Å². The summed E-state index contributed by atoms with van der Waals surface area (Å²) >= 11 is 6.07. The Morgan fingerprint density at radius 1 is 1.10 bits per heavy atom. The van der Waals surface area contributed by atoms with Crippen LogP contribution in [0.5, 0.6) is 5.75 Å². The van der Waals surface area contributed by atoms with E-state index in [0.29, 0.717) is 31.3 Å². The summed E-state index contributed by atoms with van der Waals surface area (Å²) < 4.78 is 11.5. The van der Waals surface area contributed by atoms with Crippen LogP contribution in [0.4, 0.5) is 0 Å². The van der Waals surface area contributed by atoms with Crippen LogP contribution in [0.1, 0.15) is 24.4 Å². The first-order chi connectivity index (χ1) is 14.2. The lowest BCUT2D eigenvalue weighted by Gasteiger charge is -2.39. The van der Waals surface area contributed by atoms with E-state index in [1.807, 2.05) is 41.3 Å². The Bertz CT molecular complexity index is 789. The predicted molar refractivity (Wildman–Crippen MR) is 111 cm³/mol. The second-order valence-electron chi connectivity index (χ2n) is 7.43. The van der Waals surface area contributed by atoms with E-state index in [4.69, 9.17) is 21.1 Å². The quantitative estimate of drug-likeness (QED) is 0.750. The maximum atomic E-state index is 13.5. The molecule has 29 heavy (non-hydrogen) atoms. The smallest absolute Gasteiger partial charge is 0.244 e. The number of carbonyl (C=O) groups excluding carboxylic acids is 1. The molecular formula is C22H26ClN3O3. The van der Waals surface area contributed by atoms with Gasteiger partial charge in [0, 0.05) is 50.2 Å². The minimum absolute atomic E-state index is 0.112. The zero-order chi connectivity index (χ0) is 20.1. The Balaban J connectivity index is 1.43. The standard InChI is InChI=1S/C22H26ClN3O3/c23-18-5-3-17(4-6-18)21(25-12-14-28-15-13-25)22(27)26-10-7-19(8-11-26)29-20-2-1-9-24-16-20/h1-6,9,16,19,21H,7-8,10-15H2/t21-/m1/s1. The van der Waals surface area contributed by atoms with Gasteiger partial charge in [0.25, 0.3) is 0 Å². The van der Waals surface area contributed by atoms with Gasteiger partial charge in [0.15, 0.2) is 0 Å². The van der Waals surface area contributed by atoms with Gasteiger partial charge in [-0.05, 0) is 29.8 Å². The molecule has 4 rings (SSSR count). The first kappa shape index (κ1) is 20.1. The van der Waals surface area contributed by atoms with Crippen LogP contribution in [0.3, 0.4) is 0 Å². The second-order valence-corrected chi connectivity index (χ2v) is 7.87. The highest BCUT2D eigenvalue weighted by Gasteiger charge is 2.34. The lowest BCUT2D eigenvalue weighted by Crippen LogP contribution is -2.50. The van der Waals surface area contributed by atoms with Crippen molar-refractivity contribution in [3.63, 3.8) is 0 Å². The summed E-state index contributed by atoms with van der Waals surface area (Å²) in [5.41, 5.74) is 0.982. The van der Waals surface area contributed by atoms with Gasteiger partial charge >= 0.3 is 0 Å². The number of morpholine rings is 1. The number of hydrogen-bond acceptors (Lipinski definition) is 5. The van der Waals surface area contributed by atoms with Crippen LogP contribution in [0.25, 0.3) is 0 Å². The van der Waals surface area contributed by atoms with Crippen molar-refractivity contribution in [1.29, 1.82) is 0 Å². The lowest BCUT2D eigenvalue weighted by molar-refractivity contribution is -0.141. The molecule has 2 aromatic rings. The third kappa shape index (κ3) is 5.07. The molecule has 0 unspecified atom stereocenters. The molecule has 3 heterocycles. The number of ether oxygens (including phenoxy) is 2. The number of halogens is 1. The van der Waals surface area contributed by atoms with Gasteiger partial charge in [-0.15, -0.1) is 0 Å². The fourth-order valence-corrected chi connectivity index (χ4v) is 4.09. The molecule has 0 saturated carbocycles. The number of carbonyl (C=O) groups is 1. The van der Waals surface area contributed by atoms with Crippen molar-refractivity contribution in [2.75, 3.05) is 39.4 Å². The highest BCUT2D eigenvalue weighted by atomic mass is 35.5. The molecule has 2 aliphatic heterocycles. The van der Waals surface area contributed by atoms with Gasteiger partial charge in [0.2, 0.25) is 5.91 Å². The number of aromatic nitrogens is 1. The van der Waals surface area contributed by atoms with Gasteiger partial charge in [-0.1, -0.05) is 23.7 Å². The van der Waals surface area contributed by atoms with Gasteiger partial charge in [-0.25, -0.2) is 0 Å². The first-order valence-electron chi connectivity index (χ1n) is 10.1. The Hall–Kier alpha value is -2.15. The Morgan fingerprint density at radius 3 is 2.48 bits per heavy atom. The molecule has 2 saturated heterocycles. The number of hydrogen-bond donors (Lipinski definition) is 0. The molecule has 1 aromatic heterocycles. The third-order valence-electron chi connectivity index (χ3n) is 5.52. The summed E-state index contributed by atoms with van der Waals surface area (Å²) in [5.74, 6) is 0.929.